The number of amides is 3. The summed E-state index contributed by atoms with van der Waals surface area (Å²) in [5.74, 6) is 0.0137. The molecule has 6 heteroatoms. The summed E-state index contributed by atoms with van der Waals surface area (Å²) in [7, 11) is 3.83. The van der Waals surface area contributed by atoms with Crippen LogP contribution >= 0.6 is 0 Å². The predicted molar refractivity (Wildman–Crippen MR) is 114 cm³/mol. The number of hydrogen-bond donors (Lipinski definition) is 2. The van der Waals surface area contributed by atoms with Crippen LogP contribution < -0.4 is 15.5 Å². The van der Waals surface area contributed by atoms with Crippen LogP contribution in [0.4, 0.5) is 21.9 Å². The van der Waals surface area contributed by atoms with Crippen LogP contribution in [0.3, 0.4) is 0 Å². The molecule has 0 spiro atoms. The number of likely N-dealkylation sites (tertiary alicyclic amines) is 1. The molecule has 3 amide bonds. The molecule has 28 heavy (non-hydrogen) atoms. The summed E-state index contributed by atoms with van der Waals surface area (Å²) in [6.45, 7) is 5.56. The smallest absolute Gasteiger partial charge is 0.323 e. The van der Waals surface area contributed by atoms with Crippen molar-refractivity contribution < 1.29 is 9.59 Å². The Morgan fingerprint density at radius 3 is 2.39 bits per heavy atom. The lowest BCUT2D eigenvalue weighted by molar-refractivity contribution is 0.0793. The number of anilines is 3. The molecule has 0 aliphatic carbocycles. The Morgan fingerprint density at radius 2 is 1.71 bits per heavy atom. The monoisotopic (exact) mass is 380 g/mol. The highest BCUT2D eigenvalue weighted by Gasteiger charge is 2.23. The number of hydrogen-bond acceptors (Lipinski definition) is 3. The van der Waals surface area contributed by atoms with Crippen molar-refractivity contribution in [3.63, 3.8) is 0 Å². The van der Waals surface area contributed by atoms with Crippen LogP contribution in [-0.2, 0) is 0 Å². The van der Waals surface area contributed by atoms with Gasteiger partial charge in [0.1, 0.15) is 0 Å². The number of rotatable bonds is 4. The van der Waals surface area contributed by atoms with Crippen molar-refractivity contribution >= 4 is 29.0 Å². The second-order valence-corrected chi connectivity index (χ2v) is 7.45. The van der Waals surface area contributed by atoms with Gasteiger partial charge in [-0.3, -0.25) is 4.79 Å². The van der Waals surface area contributed by atoms with E-state index < -0.39 is 0 Å². The number of carbonyl (C=O) groups excluding carboxylic acids is 2. The maximum absolute atomic E-state index is 13.0. The van der Waals surface area contributed by atoms with Crippen LogP contribution in [0, 0.1) is 13.8 Å². The summed E-state index contributed by atoms with van der Waals surface area (Å²) in [5, 5.41) is 5.73. The molecule has 0 bridgehead atoms. The molecule has 1 saturated heterocycles. The molecule has 0 unspecified atom stereocenters. The zero-order valence-electron chi connectivity index (χ0n) is 17.0. The molecule has 0 atom stereocenters. The number of nitrogens with one attached hydrogen (secondary N) is 2. The molecule has 0 saturated carbocycles. The van der Waals surface area contributed by atoms with E-state index in [9.17, 15) is 9.59 Å². The average Bonchev–Trinajstić information content (AvgIpc) is 3.19. The Kier molecular flexibility index (Phi) is 5.87. The molecule has 3 rings (SSSR count). The van der Waals surface area contributed by atoms with E-state index in [2.05, 4.69) is 10.6 Å². The summed E-state index contributed by atoms with van der Waals surface area (Å²) >= 11 is 0. The van der Waals surface area contributed by atoms with E-state index in [4.69, 9.17) is 0 Å². The SMILES string of the molecule is Cc1cccc(NC(=O)Nc2ccc(N(C)C)c(C(=O)N3CCCC3)c2)c1C. The zero-order valence-corrected chi connectivity index (χ0v) is 17.0. The lowest BCUT2D eigenvalue weighted by atomic mass is 10.1. The van der Waals surface area contributed by atoms with E-state index in [1.807, 2.05) is 68.1 Å². The quantitative estimate of drug-likeness (QED) is 0.833. The Hall–Kier alpha value is -3.02. The predicted octanol–water partition coefficient (Wildman–Crippen LogP) is 4.25. The molecule has 148 valence electrons. The number of aryl methyl sites for hydroxylation is 1. The number of carbonyl (C=O) groups is 2. The first-order valence-electron chi connectivity index (χ1n) is 9.61. The Bertz CT molecular complexity index is 886. The van der Waals surface area contributed by atoms with Gasteiger partial charge in [0.25, 0.3) is 5.91 Å². The van der Waals surface area contributed by atoms with Crippen molar-refractivity contribution in [2.45, 2.75) is 26.7 Å². The molecule has 0 radical (unpaired) electrons. The van der Waals surface area contributed by atoms with Gasteiger partial charge in [0.2, 0.25) is 0 Å². The molecule has 2 aromatic carbocycles. The topological polar surface area (TPSA) is 64.7 Å². The fraction of sp³-hybridized carbons (Fsp3) is 0.364. The third kappa shape index (κ3) is 4.27. The summed E-state index contributed by atoms with van der Waals surface area (Å²) in [4.78, 5) is 29.2. The van der Waals surface area contributed by atoms with Gasteiger partial charge in [-0.05, 0) is 62.1 Å². The first-order valence-corrected chi connectivity index (χ1v) is 9.61. The largest absolute Gasteiger partial charge is 0.377 e. The zero-order chi connectivity index (χ0) is 20.3. The molecule has 0 aromatic heterocycles. The molecule has 1 fully saturated rings. The van der Waals surface area contributed by atoms with Gasteiger partial charge >= 0.3 is 6.03 Å². The summed E-state index contributed by atoms with van der Waals surface area (Å²) in [6.07, 6.45) is 2.08. The van der Waals surface area contributed by atoms with E-state index in [0.29, 0.717) is 11.3 Å². The van der Waals surface area contributed by atoms with Crippen molar-refractivity contribution in [2.24, 2.45) is 0 Å². The third-order valence-electron chi connectivity index (χ3n) is 5.21. The first kappa shape index (κ1) is 19.7. The molecule has 1 aliphatic heterocycles. The van der Waals surface area contributed by atoms with Gasteiger partial charge in [-0.15, -0.1) is 0 Å². The van der Waals surface area contributed by atoms with Gasteiger partial charge < -0.3 is 20.4 Å². The Balaban J connectivity index is 1.80. The highest BCUT2D eigenvalue weighted by atomic mass is 16.2. The minimum Gasteiger partial charge on any atom is -0.377 e. The Morgan fingerprint density at radius 1 is 1.00 bits per heavy atom. The molecule has 2 aromatic rings. The summed E-state index contributed by atoms with van der Waals surface area (Å²) < 4.78 is 0. The van der Waals surface area contributed by atoms with Crippen molar-refractivity contribution in [1.29, 1.82) is 0 Å². The number of nitrogens with zero attached hydrogens (tertiary/aromatic N) is 2. The molecule has 1 heterocycles. The maximum Gasteiger partial charge on any atom is 0.323 e. The molecule has 2 N–H and O–H groups in total. The molecule has 1 aliphatic rings. The maximum atomic E-state index is 13.0. The van der Waals surface area contributed by atoms with Crippen LogP contribution in [-0.4, -0.2) is 44.0 Å². The number of urea groups is 1. The second kappa shape index (κ2) is 8.33. The molecular formula is C22H28N4O2. The van der Waals surface area contributed by atoms with Crippen molar-refractivity contribution in [2.75, 3.05) is 42.7 Å². The van der Waals surface area contributed by atoms with Gasteiger partial charge in [0.05, 0.1) is 5.56 Å². The van der Waals surface area contributed by atoms with Gasteiger partial charge in [-0.2, -0.15) is 0 Å². The minimum atomic E-state index is -0.328. The van der Waals surface area contributed by atoms with E-state index >= 15 is 0 Å². The van der Waals surface area contributed by atoms with Crippen LogP contribution in [0.2, 0.25) is 0 Å². The standard InChI is InChI=1S/C22H28N4O2/c1-15-8-7-9-19(16(15)2)24-22(28)23-17-10-11-20(25(3)4)18(14-17)21(27)26-12-5-6-13-26/h7-11,14H,5-6,12-13H2,1-4H3,(H2,23,24,28). The fourth-order valence-corrected chi connectivity index (χ4v) is 3.44. The van der Waals surface area contributed by atoms with Crippen LogP contribution in [0.1, 0.15) is 34.3 Å². The highest BCUT2D eigenvalue weighted by Crippen LogP contribution is 2.26. The first-order chi connectivity index (χ1) is 13.4. The lowest BCUT2D eigenvalue weighted by Gasteiger charge is -2.22. The van der Waals surface area contributed by atoms with E-state index in [1.54, 1.807) is 6.07 Å². The average molecular weight is 380 g/mol. The minimum absolute atomic E-state index is 0.0137. The van der Waals surface area contributed by atoms with Crippen LogP contribution in [0.25, 0.3) is 0 Å². The van der Waals surface area contributed by atoms with Gasteiger partial charge in [-0.1, -0.05) is 12.1 Å². The fourth-order valence-electron chi connectivity index (χ4n) is 3.44. The van der Waals surface area contributed by atoms with Gasteiger partial charge in [0, 0.05) is 44.2 Å². The van der Waals surface area contributed by atoms with Crippen LogP contribution in [0.5, 0.6) is 0 Å². The van der Waals surface area contributed by atoms with E-state index in [0.717, 1.165) is 48.4 Å². The molecule has 6 nitrogen and oxygen atoms in total. The Labute approximate surface area is 166 Å². The lowest BCUT2D eigenvalue weighted by Crippen LogP contribution is -2.29. The third-order valence-corrected chi connectivity index (χ3v) is 5.21. The van der Waals surface area contributed by atoms with Gasteiger partial charge in [0.15, 0.2) is 0 Å². The molecular weight excluding hydrogens is 352 g/mol. The van der Waals surface area contributed by atoms with Crippen molar-refractivity contribution in [3.8, 4) is 0 Å². The van der Waals surface area contributed by atoms with E-state index in [-0.39, 0.29) is 11.9 Å². The summed E-state index contributed by atoms with van der Waals surface area (Å²) in [6, 6.07) is 10.9. The summed E-state index contributed by atoms with van der Waals surface area (Å²) in [5.41, 5.74) is 4.97. The van der Waals surface area contributed by atoms with Crippen molar-refractivity contribution in [3.05, 3.63) is 53.1 Å². The normalized spacial score (nSPS) is 13.4. The van der Waals surface area contributed by atoms with Crippen LogP contribution in [0.15, 0.2) is 36.4 Å². The number of benzene rings is 2. The van der Waals surface area contributed by atoms with Crippen molar-refractivity contribution in [1.82, 2.24) is 4.90 Å². The second-order valence-electron chi connectivity index (χ2n) is 7.45. The highest BCUT2D eigenvalue weighted by molar-refractivity contribution is 6.04. The van der Waals surface area contributed by atoms with E-state index in [1.165, 1.54) is 0 Å². The van der Waals surface area contributed by atoms with Gasteiger partial charge in [-0.25, -0.2) is 4.79 Å².